The molecule has 1 heterocycles. The van der Waals surface area contributed by atoms with Crippen molar-refractivity contribution in [3.63, 3.8) is 0 Å². The SMILES string of the molecule is CC(C)(CNCc1cscn1)c1ccccc1. The average Bonchev–Trinajstić information content (AvgIpc) is 2.83. The van der Waals surface area contributed by atoms with Gasteiger partial charge in [-0.2, -0.15) is 0 Å². The molecular formula is C14H18N2S. The van der Waals surface area contributed by atoms with Crippen molar-refractivity contribution in [3.8, 4) is 0 Å². The Hall–Kier alpha value is -1.19. The van der Waals surface area contributed by atoms with Crippen LogP contribution in [0.5, 0.6) is 0 Å². The van der Waals surface area contributed by atoms with Crippen LogP contribution >= 0.6 is 11.3 Å². The third-order valence-electron chi connectivity index (χ3n) is 2.91. The van der Waals surface area contributed by atoms with Gasteiger partial charge in [-0.3, -0.25) is 0 Å². The summed E-state index contributed by atoms with van der Waals surface area (Å²) in [6.07, 6.45) is 0. The fourth-order valence-electron chi connectivity index (χ4n) is 1.82. The molecule has 90 valence electrons. The molecule has 17 heavy (non-hydrogen) atoms. The highest BCUT2D eigenvalue weighted by molar-refractivity contribution is 7.07. The maximum atomic E-state index is 4.26. The fraction of sp³-hybridized carbons (Fsp3) is 0.357. The number of hydrogen-bond acceptors (Lipinski definition) is 3. The van der Waals surface area contributed by atoms with E-state index in [1.807, 2.05) is 5.51 Å². The van der Waals surface area contributed by atoms with Gasteiger partial charge in [0.15, 0.2) is 0 Å². The number of rotatable bonds is 5. The molecule has 0 bridgehead atoms. The zero-order chi connectivity index (χ0) is 12.1. The molecule has 2 nitrogen and oxygen atoms in total. The van der Waals surface area contributed by atoms with Gasteiger partial charge < -0.3 is 5.32 Å². The van der Waals surface area contributed by atoms with E-state index in [0.29, 0.717) is 0 Å². The zero-order valence-corrected chi connectivity index (χ0v) is 11.1. The van der Waals surface area contributed by atoms with E-state index in [1.54, 1.807) is 11.3 Å². The lowest BCUT2D eigenvalue weighted by atomic mass is 9.84. The van der Waals surface area contributed by atoms with E-state index in [2.05, 4.69) is 59.9 Å². The van der Waals surface area contributed by atoms with E-state index in [-0.39, 0.29) is 5.41 Å². The van der Waals surface area contributed by atoms with Crippen LogP contribution < -0.4 is 5.32 Å². The maximum Gasteiger partial charge on any atom is 0.0795 e. The number of nitrogens with one attached hydrogen (secondary N) is 1. The van der Waals surface area contributed by atoms with Crippen LogP contribution in [0.15, 0.2) is 41.2 Å². The summed E-state index contributed by atoms with van der Waals surface area (Å²) in [5.74, 6) is 0. The molecule has 0 unspecified atom stereocenters. The molecule has 0 fully saturated rings. The summed E-state index contributed by atoms with van der Waals surface area (Å²) in [6.45, 7) is 6.32. The van der Waals surface area contributed by atoms with Gasteiger partial charge in [-0.25, -0.2) is 4.98 Å². The van der Waals surface area contributed by atoms with Crippen molar-refractivity contribution in [2.75, 3.05) is 6.54 Å². The minimum absolute atomic E-state index is 0.150. The molecule has 0 saturated heterocycles. The van der Waals surface area contributed by atoms with Crippen molar-refractivity contribution >= 4 is 11.3 Å². The van der Waals surface area contributed by atoms with Crippen molar-refractivity contribution in [1.82, 2.24) is 10.3 Å². The molecule has 0 radical (unpaired) electrons. The molecule has 0 aliphatic carbocycles. The molecule has 1 aromatic carbocycles. The van der Waals surface area contributed by atoms with Crippen molar-refractivity contribution in [2.45, 2.75) is 25.8 Å². The number of hydrogen-bond donors (Lipinski definition) is 1. The predicted octanol–water partition coefficient (Wildman–Crippen LogP) is 3.21. The highest BCUT2D eigenvalue weighted by atomic mass is 32.1. The second kappa shape index (κ2) is 5.43. The Balaban J connectivity index is 1.90. The van der Waals surface area contributed by atoms with Crippen molar-refractivity contribution in [1.29, 1.82) is 0 Å². The standard InChI is InChI=1S/C14H18N2S/c1-14(2,12-6-4-3-5-7-12)10-15-8-13-9-17-11-16-13/h3-7,9,11,15H,8,10H2,1-2H3. The Morgan fingerprint density at radius 3 is 2.65 bits per heavy atom. The van der Waals surface area contributed by atoms with Crippen LogP contribution in [0.2, 0.25) is 0 Å². The number of nitrogens with zero attached hydrogens (tertiary/aromatic N) is 1. The topological polar surface area (TPSA) is 24.9 Å². The number of aromatic nitrogens is 1. The van der Waals surface area contributed by atoms with Gasteiger partial charge in [-0.05, 0) is 5.56 Å². The number of thiazole rings is 1. The van der Waals surface area contributed by atoms with Gasteiger partial charge >= 0.3 is 0 Å². The van der Waals surface area contributed by atoms with Crippen molar-refractivity contribution < 1.29 is 0 Å². The second-order valence-corrected chi connectivity index (χ2v) is 5.55. The Kier molecular flexibility index (Phi) is 3.92. The van der Waals surface area contributed by atoms with Crippen molar-refractivity contribution in [3.05, 3.63) is 52.5 Å². The van der Waals surface area contributed by atoms with Gasteiger partial charge in [0.2, 0.25) is 0 Å². The normalized spacial score (nSPS) is 11.6. The third kappa shape index (κ3) is 3.38. The van der Waals surface area contributed by atoms with E-state index in [0.717, 1.165) is 18.8 Å². The molecule has 0 amide bonds. The summed E-state index contributed by atoms with van der Waals surface area (Å²) < 4.78 is 0. The Labute approximate surface area is 107 Å². The molecular weight excluding hydrogens is 228 g/mol. The molecule has 0 saturated carbocycles. The molecule has 0 spiro atoms. The second-order valence-electron chi connectivity index (χ2n) is 4.83. The number of benzene rings is 1. The first kappa shape index (κ1) is 12.3. The Morgan fingerprint density at radius 1 is 1.24 bits per heavy atom. The molecule has 1 N–H and O–H groups in total. The first-order chi connectivity index (χ1) is 8.18. The molecule has 0 aliphatic rings. The molecule has 3 heteroatoms. The zero-order valence-electron chi connectivity index (χ0n) is 10.3. The first-order valence-corrected chi connectivity index (χ1v) is 6.76. The van der Waals surface area contributed by atoms with Crippen LogP contribution in [0.4, 0.5) is 0 Å². The van der Waals surface area contributed by atoms with Crippen molar-refractivity contribution in [2.24, 2.45) is 0 Å². The monoisotopic (exact) mass is 246 g/mol. The molecule has 2 rings (SSSR count). The smallest absolute Gasteiger partial charge is 0.0795 e. The maximum absolute atomic E-state index is 4.26. The summed E-state index contributed by atoms with van der Waals surface area (Å²) in [4.78, 5) is 4.26. The quantitative estimate of drug-likeness (QED) is 0.876. The summed E-state index contributed by atoms with van der Waals surface area (Å²) in [7, 11) is 0. The summed E-state index contributed by atoms with van der Waals surface area (Å²) >= 11 is 1.64. The first-order valence-electron chi connectivity index (χ1n) is 5.82. The van der Waals surface area contributed by atoms with E-state index < -0.39 is 0 Å². The van der Waals surface area contributed by atoms with E-state index >= 15 is 0 Å². The largest absolute Gasteiger partial charge is 0.310 e. The summed E-state index contributed by atoms with van der Waals surface area (Å²) in [6, 6.07) is 10.6. The molecule has 0 atom stereocenters. The molecule has 0 aliphatic heterocycles. The lowest BCUT2D eigenvalue weighted by Gasteiger charge is -2.25. The highest BCUT2D eigenvalue weighted by Gasteiger charge is 2.19. The fourth-order valence-corrected chi connectivity index (χ4v) is 2.38. The lowest BCUT2D eigenvalue weighted by Crippen LogP contribution is -2.32. The van der Waals surface area contributed by atoms with Gasteiger partial charge in [-0.15, -0.1) is 11.3 Å². The Morgan fingerprint density at radius 2 is 2.00 bits per heavy atom. The van der Waals surface area contributed by atoms with Crippen LogP contribution in [0.25, 0.3) is 0 Å². The van der Waals surface area contributed by atoms with Crippen LogP contribution in [-0.4, -0.2) is 11.5 Å². The lowest BCUT2D eigenvalue weighted by molar-refractivity contribution is 0.467. The van der Waals surface area contributed by atoms with Crippen LogP contribution in [0, 0.1) is 0 Å². The molecule has 2 aromatic rings. The van der Waals surface area contributed by atoms with E-state index in [9.17, 15) is 0 Å². The Bertz CT molecular complexity index is 435. The molecule has 1 aromatic heterocycles. The third-order valence-corrected chi connectivity index (χ3v) is 3.55. The average molecular weight is 246 g/mol. The minimum atomic E-state index is 0.150. The van der Waals surface area contributed by atoms with E-state index in [4.69, 9.17) is 0 Å². The minimum Gasteiger partial charge on any atom is -0.310 e. The van der Waals surface area contributed by atoms with E-state index in [1.165, 1.54) is 5.56 Å². The van der Waals surface area contributed by atoms with Gasteiger partial charge in [-0.1, -0.05) is 44.2 Å². The van der Waals surface area contributed by atoms with Crippen LogP contribution in [0.3, 0.4) is 0 Å². The van der Waals surface area contributed by atoms with Crippen LogP contribution in [0.1, 0.15) is 25.1 Å². The summed E-state index contributed by atoms with van der Waals surface area (Å²) in [5.41, 5.74) is 4.51. The van der Waals surface area contributed by atoms with Gasteiger partial charge in [0.05, 0.1) is 11.2 Å². The van der Waals surface area contributed by atoms with Gasteiger partial charge in [0, 0.05) is 23.9 Å². The van der Waals surface area contributed by atoms with Crippen LogP contribution in [-0.2, 0) is 12.0 Å². The highest BCUT2D eigenvalue weighted by Crippen LogP contribution is 2.21. The summed E-state index contributed by atoms with van der Waals surface area (Å²) in [5, 5.41) is 5.56. The van der Waals surface area contributed by atoms with Gasteiger partial charge in [0.25, 0.3) is 0 Å². The van der Waals surface area contributed by atoms with Gasteiger partial charge in [0.1, 0.15) is 0 Å². The predicted molar refractivity (Wildman–Crippen MR) is 73.3 cm³/mol.